The van der Waals surface area contributed by atoms with Crippen LogP contribution in [-0.2, 0) is 5.75 Å². The largest absolute Gasteiger partial charge is 0.298 e. The molecular weight excluding hydrogens is 242 g/mol. The second-order valence-corrected chi connectivity index (χ2v) is 4.84. The van der Waals surface area contributed by atoms with Crippen LogP contribution >= 0.6 is 11.8 Å². The van der Waals surface area contributed by atoms with Crippen LogP contribution in [-0.4, -0.2) is 6.29 Å². The number of hydrogen-bond acceptors (Lipinski definition) is 3. The topological polar surface area (TPSA) is 40.9 Å². The van der Waals surface area contributed by atoms with Crippen molar-refractivity contribution in [2.75, 3.05) is 0 Å². The minimum atomic E-state index is 0.676. The summed E-state index contributed by atoms with van der Waals surface area (Å²) in [6, 6.07) is 17.2. The zero-order chi connectivity index (χ0) is 12.8. The van der Waals surface area contributed by atoms with E-state index in [-0.39, 0.29) is 0 Å². The Morgan fingerprint density at radius 1 is 1.17 bits per heavy atom. The third-order valence-corrected chi connectivity index (χ3v) is 3.52. The molecule has 0 aliphatic heterocycles. The molecule has 0 spiro atoms. The van der Waals surface area contributed by atoms with Crippen molar-refractivity contribution in [2.45, 2.75) is 10.6 Å². The van der Waals surface area contributed by atoms with E-state index in [2.05, 4.69) is 6.07 Å². The maximum Gasteiger partial charge on any atom is 0.150 e. The van der Waals surface area contributed by atoms with Gasteiger partial charge in [0.25, 0.3) is 0 Å². The highest BCUT2D eigenvalue weighted by molar-refractivity contribution is 7.98. The smallest absolute Gasteiger partial charge is 0.150 e. The molecule has 3 heteroatoms. The number of benzene rings is 2. The van der Waals surface area contributed by atoms with Crippen LogP contribution in [0.25, 0.3) is 0 Å². The summed E-state index contributed by atoms with van der Waals surface area (Å²) in [4.78, 5) is 11.7. The fourth-order valence-corrected chi connectivity index (χ4v) is 2.48. The molecular formula is C15H11NOS. The zero-order valence-corrected chi connectivity index (χ0v) is 10.5. The molecule has 0 saturated carbocycles. The van der Waals surface area contributed by atoms with Crippen molar-refractivity contribution in [3.8, 4) is 6.07 Å². The fourth-order valence-electron chi connectivity index (χ4n) is 1.57. The SMILES string of the molecule is N#Cc1cccc(CSc2cccc(C=O)c2)c1. The summed E-state index contributed by atoms with van der Waals surface area (Å²) in [6.07, 6.45) is 0.848. The molecule has 0 unspecified atom stereocenters. The van der Waals surface area contributed by atoms with E-state index in [1.54, 1.807) is 23.9 Å². The van der Waals surface area contributed by atoms with Crippen molar-refractivity contribution in [3.63, 3.8) is 0 Å². The van der Waals surface area contributed by atoms with Gasteiger partial charge in [-0.2, -0.15) is 5.26 Å². The molecule has 0 aromatic heterocycles. The number of aldehydes is 1. The highest BCUT2D eigenvalue weighted by Crippen LogP contribution is 2.23. The molecule has 0 fully saturated rings. The van der Waals surface area contributed by atoms with Gasteiger partial charge in [0.15, 0.2) is 0 Å². The first-order valence-corrected chi connectivity index (χ1v) is 6.47. The molecule has 2 aromatic rings. The summed E-state index contributed by atoms with van der Waals surface area (Å²) in [6.45, 7) is 0. The monoisotopic (exact) mass is 253 g/mol. The lowest BCUT2D eigenvalue weighted by molar-refractivity contribution is 0.112. The number of thioether (sulfide) groups is 1. The average Bonchev–Trinajstić information content (AvgIpc) is 2.45. The van der Waals surface area contributed by atoms with Crippen LogP contribution in [0.5, 0.6) is 0 Å². The van der Waals surface area contributed by atoms with Crippen molar-refractivity contribution in [2.24, 2.45) is 0 Å². The summed E-state index contributed by atoms with van der Waals surface area (Å²) in [5.41, 5.74) is 2.47. The van der Waals surface area contributed by atoms with E-state index in [0.29, 0.717) is 11.1 Å². The Morgan fingerprint density at radius 3 is 2.78 bits per heavy atom. The summed E-state index contributed by atoms with van der Waals surface area (Å²) >= 11 is 1.65. The molecule has 0 aliphatic carbocycles. The Kier molecular flexibility index (Phi) is 4.16. The van der Waals surface area contributed by atoms with E-state index in [1.165, 1.54) is 0 Å². The Morgan fingerprint density at radius 2 is 2.00 bits per heavy atom. The van der Waals surface area contributed by atoms with Gasteiger partial charge in [-0.05, 0) is 29.8 Å². The first-order chi connectivity index (χ1) is 8.81. The Balaban J connectivity index is 2.06. The van der Waals surface area contributed by atoms with Gasteiger partial charge < -0.3 is 0 Å². The molecule has 0 amide bonds. The molecule has 88 valence electrons. The van der Waals surface area contributed by atoms with Crippen LogP contribution in [0.4, 0.5) is 0 Å². The van der Waals surface area contributed by atoms with Gasteiger partial charge in [-0.1, -0.05) is 24.3 Å². The molecule has 0 bridgehead atoms. The van der Waals surface area contributed by atoms with Crippen LogP contribution in [0.3, 0.4) is 0 Å². The lowest BCUT2D eigenvalue weighted by Crippen LogP contribution is -1.84. The third-order valence-electron chi connectivity index (χ3n) is 2.46. The first-order valence-electron chi connectivity index (χ1n) is 5.49. The van der Waals surface area contributed by atoms with E-state index in [1.807, 2.05) is 36.4 Å². The minimum Gasteiger partial charge on any atom is -0.298 e. The number of nitrogens with zero attached hydrogens (tertiary/aromatic N) is 1. The third kappa shape index (κ3) is 3.22. The number of nitriles is 1. The number of carbonyl (C=O) groups excluding carboxylic acids is 1. The van der Waals surface area contributed by atoms with Crippen LogP contribution in [0, 0.1) is 11.3 Å². The van der Waals surface area contributed by atoms with Gasteiger partial charge in [0.1, 0.15) is 6.29 Å². The van der Waals surface area contributed by atoms with Gasteiger partial charge in [0.2, 0.25) is 0 Å². The molecule has 0 heterocycles. The van der Waals surface area contributed by atoms with Gasteiger partial charge >= 0.3 is 0 Å². The van der Waals surface area contributed by atoms with E-state index in [9.17, 15) is 4.79 Å². The minimum absolute atomic E-state index is 0.676. The molecule has 0 aliphatic rings. The molecule has 2 aromatic carbocycles. The van der Waals surface area contributed by atoms with E-state index in [0.717, 1.165) is 22.5 Å². The van der Waals surface area contributed by atoms with E-state index < -0.39 is 0 Å². The highest BCUT2D eigenvalue weighted by atomic mass is 32.2. The standard InChI is InChI=1S/C15H11NOS/c16-9-12-3-1-5-14(7-12)11-18-15-6-2-4-13(8-15)10-17/h1-8,10H,11H2. The molecule has 0 atom stereocenters. The summed E-state index contributed by atoms with van der Waals surface area (Å²) in [7, 11) is 0. The first kappa shape index (κ1) is 12.4. The summed E-state index contributed by atoms with van der Waals surface area (Å²) in [5, 5.41) is 8.82. The number of carbonyl (C=O) groups is 1. The average molecular weight is 253 g/mol. The van der Waals surface area contributed by atoms with Crippen molar-refractivity contribution in [1.29, 1.82) is 5.26 Å². The molecule has 0 saturated heterocycles. The predicted molar refractivity (Wildman–Crippen MR) is 72.5 cm³/mol. The van der Waals surface area contributed by atoms with Crippen LogP contribution < -0.4 is 0 Å². The molecule has 2 rings (SSSR count). The molecule has 0 N–H and O–H groups in total. The number of rotatable bonds is 4. The lowest BCUT2D eigenvalue weighted by Gasteiger charge is -2.03. The maximum atomic E-state index is 10.7. The quantitative estimate of drug-likeness (QED) is 0.616. The predicted octanol–water partition coefficient (Wildman–Crippen LogP) is 3.66. The zero-order valence-electron chi connectivity index (χ0n) is 9.67. The van der Waals surface area contributed by atoms with Gasteiger partial charge in [-0.25, -0.2) is 0 Å². The van der Waals surface area contributed by atoms with Crippen molar-refractivity contribution >= 4 is 18.0 Å². The van der Waals surface area contributed by atoms with Crippen LogP contribution in [0.2, 0.25) is 0 Å². The highest BCUT2D eigenvalue weighted by Gasteiger charge is 1.99. The molecule has 18 heavy (non-hydrogen) atoms. The van der Waals surface area contributed by atoms with Gasteiger partial charge in [0, 0.05) is 16.2 Å². The Bertz CT molecular complexity index is 601. The maximum absolute atomic E-state index is 10.7. The Labute approximate surface area is 110 Å². The van der Waals surface area contributed by atoms with Crippen molar-refractivity contribution in [3.05, 3.63) is 65.2 Å². The summed E-state index contributed by atoms with van der Waals surface area (Å²) in [5.74, 6) is 0.790. The summed E-state index contributed by atoms with van der Waals surface area (Å²) < 4.78 is 0. The van der Waals surface area contributed by atoms with Gasteiger partial charge in [-0.15, -0.1) is 11.8 Å². The van der Waals surface area contributed by atoms with E-state index in [4.69, 9.17) is 5.26 Å². The number of hydrogen-bond donors (Lipinski definition) is 0. The second kappa shape index (κ2) is 6.04. The van der Waals surface area contributed by atoms with Crippen molar-refractivity contribution < 1.29 is 4.79 Å². The Hall–Kier alpha value is -2.05. The van der Waals surface area contributed by atoms with Crippen molar-refractivity contribution in [1.82, 2.24) is 0 Å². The second-order valence-electron chi connectivity index (χ2n) is 3.79. The van der Waals surface area contributed by atoms with Gasteiger partial charge in [-0.3, -0.25) is 4.79 Å². The van der Waals surface area contributed by atoms with Crippen LogP contribution in [0.1, 0.15) is 21.5 Å². The lowest BCUT2D eigenvalue weighted by atomic mass is 10.2. The molecule has 2 nitrogen and oxygen atoms in total. The normalized spacial score (nSPS) is 9.72. The van der Waals surface area contributed by atoms with Crippen LogP contribution in [0.15, 0.2) is 53.4 Å². The van der Waals surface area contributed by atoms with Gasteiger partial charge in [0.05, 0.1) is 11.6 Å². The van der Waals surface area contributed by atoms with E-state index >= 15 is 0 Å². The fraction of sp³-hybridized carbons (Fsp3) is 0.0667. The molecule has 0 radical (unpaired) electrons.